The van der Waals surface area contributed by atoms with Gasteiger partial charge in [-0.3, -0.25) is 19.7 Å². The van der Waals surface area contributed by atoms with Crippen LogP contribution in [0.4, 0.5) is 10.5 Å². The lowest BCUT2D eigenvalue weighted by Crippen LogP contribution is -2.54. The van der Waals surface area contributed by atoms with Gasteiger partial charge < -0.3 is 15.2 Å². The third-order valence-electron chi connectivity index (χ3n) is 4.58. The van der Waals surface area contributed by atoms with Crippen molar-refractivity contribution in [1.29, 1.82) is 0 Å². The SMILES string of the molecule is C[C@@H](O)[C@H](NC(=O)[C@@H]1CN(c2ccc(C#Cc3ccccc3)cc2)C(=O)O1)C(=O)NO. The number of amides is 3. The molecule has 0 unspecified atom stereocenters. The lowest BCUT2D eigenvalue weighted by molar-refractivity contribution is -0.139. The molecule has 0 spiro atoms. The van der Waals surface area contributed by atoms with Gasteiger partial charge >= 0.3 is 6.09 Å². The highest BCUT2D eigenvalue weighted by Gasteiger charge is 2.39. The fraction of sp³-hybridized carbons (Fsp3) is 0.227. The Hall–Kier alpha value is -3.87. The number of hydrogen-bond acceptors (Lipinski definition) is 6. The summed E-state index contributed by atoms with van der Waals surface area (Å²) in [6.07, 6.45) is -3.17. The number of nitrogens with zero attached hydrogens (tertiary/aromatic N) is 1. The van der Waals surface area contributed by atoms with Crippen LogP contribution in [0, 0.1) is 11.8 Å². The molecule has 3 atom stereocenters. The van der Waals surface area contributed by atoms with Gasteiger partial charge in [-0.1, -0.05) is 30.0 Å². The van der Waals surface area contributed by atoms with Crippen LogP contribution in [-0.2, 0) is 14.3 Å². The zero-order valence-corrected chi connectivity index (χ0v) is 16.6. The van der Waals surface area contributed by atoms with Crippen molar-refractivity contribution in [3.05, 3.63) is 65.7 Å². The number of hydroxylamine groups is 1. The molecule has 31 heavy (non-hydrogen) atoms. The van der Waals surface area contributed by atoms with Crippen LogP contribution < -0.4 is 15.7 Å². The second kappa shape index (κ2) is 9.75. The van der Waals surface area contributed by atoms with Gasteiger partial charge in [0.15, 0.2) is 6.10 Å². The van der Waals surface area contributed by atoms with Crippen LogP contribution in [0.3, 0.4) is 0 Å². The predicted octanol–water partition coefficient (Wildman–Crippen LogP) is 0.783. The second-order valence-electron chi connectivity index (χ2n) is 6.85. The van der Waals surface area contributed by atoms with Crippen molar-refractivity contribution in [2.45, 2.75) is 25.2 Å². The maximum absolute atomic E-state index is 12.4. The Morgan fingerprint density at radius 2 is 1.71 bits per heavy atom. The average molecular weight is 423 g/mol. The standard InChI is InChI=1S/C22H21N3O6/c1-14(26)19(21(28)24-30)23-20(27)18-13-25(22(29)31-18)17-11-9-16(10-12-17)8-7-15-5-3-2-4-6-15/h2-6,9-12,14,18-19,26,30H,13H2,1H3,(H,23,27)(H,24,28)/t14-,18+,19+/m1/s1. The quantitative estimate of drug-likeness (QED) is 0.320. The first-order valence-electron chi connectivity index (χ1n) is 9.46. The molecule has 1 heterocycles. The maximum atomic E-state index is 12.4. The highest BCUT2D eigenvalue weighted by Crippen LogP contribution is 2.22. The number of ether oxygens (including phenoxy) is 1. The van der Waals surface area contributed by atoms with Crippen LogP contribution >= 0.6 is 0 Å². The topological polar surface area (TPSA) is 128 Å². The molecule has 0 aromatic heterocycles. The molecule has 3 amide bonds. The first kappa shape index (κ1) is 21.8. The monoisotopic (exact) mass is 423 g/mol. The van der Waals surface area contributed by atoms with Crippen molar-refractivity contribution in [1.82, 2.24) is 10.8 Å². The normalized spacial score (nSPS) is 17.1. The van der Waals surface area contributed by atoms with Crippen LogP contribution in [0.25, 0.3) is 0 Å². The largest absolute Gasteiger partial charge is 0.434 e. The number of aliphatic hydroxyl groups is 1. The van der Waals surface area contributed by atoms with Crippen LogP contribution in [0.15, 0.2) is 54.6 Å². The van der Waals surface area contributed by atoms with Crippen molar-refractivity contribution >= 4 is 23.6 Å². The fourth-order valence-corrected chi connectivity index (χ4v) is 2.92. The van der Waals surface area contributed by atoms with Gasteiger partial charge in [-0.2, -0.15) is 0 Å². The summed E-state index contributed by atoms with van der Waals surface area (Å²) in [5, 5.41) is 20.6. The molecule has 1 aliphatic rings. The number of anilines is 1. The Labute approximate surface area is 178 Å². The van der Waals surface area contributed by atoms with Gasteiger partial charge in [-0.15, -0.1) is 0 Å². The Morgan fingerprint density at radius 1 is 1.10 bits per heavy atom. The summed E-state index contributed by atoms with van der Waals surface area (Å²) in [6, 6.07) is 15.0. The Bertz CT molecular complexity index is 1010. The summed E-state index contributed by atoms with van der Waals surface area (Å²) >= 11 is 0. The molecular formula is C22H21N3O6. The van der Waals surface area contributed by atoms with E-state index in [1.807, 2.05) is 30.3 Å². The lowest BCUT2D eigenvalue weighted by atomic mass is 10.1. The van der Waals surface area contributed by atoms with Crippen molar-refractivity contribution in [2.75, 3.05) is 11.4 Å². The highest BCUT2D eigenvalue weighted by atomic mass is 16.6. The third kappa shape index (κ3) is 5.39. The van der Waals surface area contributed by atoms with Crippen LogP contribution in [-0.4, -0.2) is 53.0 Å². The van der Waals surface area contributed by atoms with Crippen LogP contribution in [0.5, 0.6) is 0 Å². The summed E-state index contributed by atoms with van der Waals surface area (Å²) in [5.74, 6) is 4.32. The molecule has 2 aromatic carbocycles. The van der Waals surface area contributed by atoms with E-state index in [4.69, 9.17) is 9.94 Å². The summed E-state index contributed by atoms with van der Waals surface area (Å²) < 4.78 is 5.09. The third-order valence-corrected chi connectivity index (χ3v) is 4.58. The second-order valence-corrected chi connectivity index (χ2v) is 6.85. The van der Waals surface area contributed by atoms with Crippen molar-refractivity contribution in [2.24, 2.45) is 0 Å². The van der Waals surface area contributed by atoms with Crippen molar-refractivity contribution in [3.63, 3.8) is 0 Å². The predicted molar refractivity (Wildman–Crippen MR) is 110 cm³/mol. The van der Waals surface area contributed by atoms with Crippen LogP contribution in [0.1, 0.15) is 18.1 Å². The van der Waals surface area contributed by atoms with E-state index in [1.54, 1.807) is 24.3 Å². The molecule has 0 saturated carbocycles. The molecule has 4 N–H and O–H groups in total. The number of carbonyl (C=O) groups excluding carboxylic acids is 3. The lowest BCUT2D eigenvalue weighted by Gasteiger charge is -2.20. The highest BCUT2D eigenvalue weighted by molar-refractivity contribution is 5.97. The van der Waals surface area contributed by atoms with Gasteiger partial charge in [0.1, 0.15) is 6.04 Å². The molecule has 0 bridgehead atoms. The molecule has 1 fully saturated rings. The minimum atomic E-state index is -1.40. The number of rotatable bonds is 5. The Balaban J connectivity index is 1.65. The maximum Gasteiger partial charge on any atom is 0.415 e. The minimum Gasteiger partial charge on any atom is -0.434 e. The van der Waals surface area contributed by atoms with Gasteiger partial charge in [-0.05, 0) is 43.3 Å². The van der Waals surface area contributed by atoms with Gasteiger partial charge in [0.05, 0.1) is 12.6 Å². The molecule has 1 saturated heterocycles. The number of aliphatic hydroxyl groups excluding tert-OH is 1. The minimum absolute atomic E-state index is 0.0764. The van der Waals surface area contributed by atoms with Gasteiger partial charge in [-0.25, -0.2) is 10.3 Å². The van der Waals surface area contributed by atoms with Gasteiger partial charge in [0.2, 0.25) is 0 Å². The van der Waals surface area contributed by atoms with E-state index in [9.17, 15) is 19.5 Å². The number of nitrogens with one attached hydrogen (secondary N) is 2. The van der Waals surface area contributed by atoms with Crippen molar-refractivity contribution < 1.29 is 29.4 Å². The van der Waals surface area contributed by atoms with E-state index in [2.05, 4.69) is 17.2 Å². The van der Waals surface area contributed by atoms with E-state index in [0.717, 1.165) is 11.1 Å². The Kier molecular flexibility index (Phi) is 6.87. The molecule has 160 valence electrons. The molecular weight excluding hydrogens is 402 g/mol. The zero-order valence-electron chi connectivity index (χ0n) is 16.6. The summed E-state index contributed by atoms with van der Waals surface area (Å²) in [6.45, 7) is 1.20. The van der Waals surface area contributed by atoms with Crippen molar-refractivity contribution in [3.8, 4) is 11.8 Å². The molecule has 0 aliphatic carbocycles. The molecule has 9 heteroatoms. The Morgan fingerprint density at radius 3 is 2.29 bits per heavy atom. The first-order chi connectivity index (χ1) is 14.9. The van der Waals surface area contributed by atoms with Gasteiger partial charge in [0.25, 0.3) is 11.8 Å². The number of carbonyl (C=O) groups is 3. The van der Waals surface area contributed by atoms with E-state index in [1.165, 1.54) is 17.3 Å². The number of cyclic esters (lactones) is 1. The van der Waals surface area contributed by atoms with E-state index >= 15 is 0 Å². The molecule has 1 aliphatic heterocycles. The van der Waals surface area contributed by atoms with E-state index in [0.29, 0.717) is 5.69 Å². The summed E-state index contributed by atoms with van der Waals surface area (Å²) in [4.78, 5) is 37.4. The summed E-state index contributed by atoms with van der Waals surface area (Å²) in [7, 11) is 0. The molecule has 3 rings (SSSR count). The fourth-order valence-electron chi connectivity index (χ4n) is 2.92. The molecule has 9 nitrogen and oxygen atoms in total. The van der Waals surface area contributed by atoms with E-state index < -0.39 is 36.2 Å². The number of benzene rings is 2. The summed E-state index contributed by atoms with van der Waals surface area (Å²) in [5.41, 5.74) is 3.53. The smallest absolute Gasteiger partial charge is 0.415 e. The van der Waals surface area contributed by atoms with Gasteiger partial charge in [0, 0.05) is 16.8 Å². The number of hydrogen-bond donors (Lipinski definition) is 4. The first-order valence-corrected chi connectivity index (χ1v) is 9.46. The van der Waals surface area contributed by atoms with E-state index in [-0.39, 0.29) is 6.54 Å². The zero-order chi connectivity index (χ0) is 22.4. The molecule has 0 radical (unpaired) electrons. The van der Waals surface area contributed by atoms with Crippen LogP contribution in [0.2, 0.25) is 0 Å². The molecule has 2 aromatic rings. The average Bonchev–Trinajstić information content (AvgIpc) is 3.18.